The molecule has 1 heterocycles. The van der Waals surface area contributed by atoms with Gasteiger partial charge in [-0.15, -0.1) is 0 Å². The Balaban J connectivity index is 0.000000333. The van der Waals surface area contributed by atoms with Crippen molar-refractivity contribution < 1.29 is 14.4 Å². The van der Waals surface area contributed by atoms with E-state index in [9.17, 15) is 9.59 Å². The summed E-state index contributed by atoms with van der Waals surface area (Å²) in [5.74, 6) is -0.568. The molecular formula is C20H25Cl2N7O3. The minimum atomic E-state index is -0.903. The Morgan fingerprint density at radius 3 is 2.62 bits per heavy atom. The number of carbonyl (C=O) groups is 2. The van der Waals surface area contributed by atoms with Crippen molar-refractivity contribution >= 4 is 40.9 Å². The fourth-order valence-corrected chi connectivity index (χ4v) is 3.21. The quantitative estimate of drug-likeness (QED) is 0.437. The van der Waals surface area contributed by atoms with E-state index in [-0.39, 0.29) is 0 Å². The molecule has 12 heteroatoms. The van der Waals surface area contributed by atoms with Crippen molar-refractivity contribution in [1.82, 2.24) is 25.4 Å². The first kappa shape index (κ1) is 26.9. The van der Waals surface area contributed by atoms with Gasteiger partial charge in [0.1, 0.15) is 25.8 Å². The molecule has 0 aliphatic heterocycles. The highest BCUT2D eigenvalue weighted by Gasteiger charge is 2.16. The zero-order chi connectivity index (χ0) is 23.9. The minimum Gasteiger partial charge on any atom is -0.398 e. The number of hydrogen-bond donors (Lipinski definition) is 2. The van der Waals surface area contributed by atoms with Gasteiger partial charge in [0.15, 0.2) is 0 Å². The maximum absolute atomic E-state index is 11.0. The van der Waals surface area contributed by atoms with Gasteiger partial charge in [0.05, 0.1) is 0 Å². The van der Waals surface area contributed by atoms with E-state index in [1.165, 1.54) is 13.2 Å². The Kier molecular flexibility index (Phi) is 12.4. The predicted octanol–water partition coefficient (Wildman–Crippen LogP) is 3.53. The summed E-state index contributed by atoms with van der Waals surface area (Å²) < 4.78 is 1.84. The molecule has 3 amide bonds. The summed E-state index contributed by atoms with van der Waals surface area (Å²) in [4.78, 5) is 30.1. The average molecular weight is 482 g/mol. The molecule has 2 rings (SSSR count). The highest BCUT2D eigenvalue weighted by Crippen LogP contribution is 2.31. The fourth-order valence-electron chi connectivity index (χ4n) is 2.65. The standard InChI is InChI=1S/C13H15Cl2N3.C7H10N4O3/c1-2-3-10(7-18-9-16-8-17-18)12-5-4-11(14)6-13(12)15;1-3-9-7(13)10-6(12)5(4-8)11-14-2/h4-6,8-10H,2-3,7H2,1H3;3H2,1-2H3,(H2,9,10,12,13). The zero-order valence-electron chi connectivity index (χ0n) is 18.0. The third-order valence-corrected chi connectivity index (χ3v) is 4.54. The summed E-state index contributed by atoms with van der Waals surface area (Å²) in [6.07, 6.45) is 5.43. The van der Waals surface area contributed by atoms with Crippen molar-refractivity contribution in [2.45, 2.75) is 39.2 Å². The molecule has 172 valence electrons. The third-order valence-electron chi connectivity index (χ3n) is 3.98. The van der Waals surface area contributed by atoms with E-state index in [0.717, 1.165) is 30.0 Å². The number of nitrogens with one attached hydrogen (secondary N) is 2. The van der Waals surface area contributed by atoms with Crippen LogP contribution >= 0.6 is 23.2 Å². The van der Waals surface area contributed by atoms with E-state index in [1.54, 1.807) is 25.6 Å². The number of urea groups is 1. The van der Waals surface area contributed by atoms with Gasteiger partial charge in [-0.2, -0.15) is 10.4 Å². The first-order valence-electron chi connectivity index (χ1n) is 9.73. The van der Waals surface area contributed by atoms with Gasteiger partial charge in [-0.05, 0) is 31.0 Å². The summed E-state index contributed by atoms with van der Waals surface area (Å²) in [7, 11) is 1.19. The molecule has 1 aromatic heterocycles. The molecule has 0 saturated heterocycles. The molecule has 10 nitrogen and oxygen atoms in total. The van der Waals surface area contributed by atoms with Gasteiger partial charge in [0.2, 0.25) is 5.71 Å². The number of hydrogen-bond acceptors (Lipinski definition) is 7. The van der Waals surface area contributed by atoms with Gasteiger partial charge in [0.25, 0.3) is 5.91 Å². The highest BCUT2D eigenvalue weighted by atomic mass is 35.5. The molecule has 1 atom stereocenters. The lowest BCUT2D eigenvalue weighted by molar-refractivity contribution is -0.113. The number of nitrogens with zero attached hydrogens (tertiary/aromatic N) is 5. The lowest BCUT2D eigenvalue weighted by atomic mass is 9.94. The van der Waals surface area contributed by atoms with Crippen LogP contribution in [0.3, 0.4) is 0 Å². The first-order valence-corrected chi connectivity index (χ1v) is 10.5. The predicted molar refractivity (Wildman–Crippen MR) is 121 cm³/mol. The molecule has 32 heavy (non-hydrogen) atoms. The number of nitriles is 1. The van der Waals surface area contributed by atoms with Crippen molar-refractivity contribution in [2.75, 3.05) is 13.7 Å². The van der Waals surface area contributed by atoms with Crippen LogP contribution in [0.2, 0.25) is 10.0 Å². The van der Waals surface area contributed by atoms with Gasteiger partial charge in [-0.1, -0.05) is 47.8 Å². The van der Waals surface area contributed by atoms with Gasteiger partial charge >= 0.3 is 6.03 Å². The highest BCUT2D eigenvalue weighted by molar-refractivity contribution is 6.46. The number of halogens is 2. The van der Waals surface area contributed by atoms with Crippen molar-refractivity contribution in [2.24, 2.45) is 5.16 Å². The van der Waals surface area contributed by atoms with Crippen LogP contribution in [0.15, 0.2) is 36.0 Å². The van der Waals surface area contributed by atoms with E-state index >= 15 is 0 Å². The number of benzene rings is 1. The number of aromatic nitrogens is 3. The third kappa shape index (κ3) is 9.32. The molecule has 2 N–H and O–H groups in total. The molecule has 0 aliphatic carbocycles. The molecule has 0 aliphatic rings. The van der Waals surface area contributed by atoms with Crippen molar-refractivity contribution in [3.8, 4) is 6.07 Å². The van der Waals surface area contributed by atoms with Gasteiger partial charge in [-0.25, -0.2) is 9.78 Å². The van der Waals surface area contributed by atoms with E-state index in [2.05, 4.69) is 32.3 Å². The van der Waals surface area contributed by atoms with E-state index in [1.807, 2.05) is 22.1 Å². The van der Waals surface area contributed by atoms with E-state index in [4.69, 9.17) is 28.5 Å². The van der Waals surface area contributed by atoms with Crippen LogP contribution < -0.4 is 10.6 Å². The molecule has 2 aromatic rings. The second-order valence-electron chi connectivity index (χ2n) is 6.32. The molecule has 0 spiro atoms. The van der Waals surface area contributed by atoms with E-state index in [0.29, 0.717) is 17.5 Å². The van der Waals surface area contributed by atoms with Crippen LogP contribution in [0, 0.1) is 11.3 Å². The van der Waals surface area contributed by atoms with Gasteiger partial charge in [-0.3, -0.25) is 14.8 Å². The van der Waals surface area contributed by atoms with Crippen LogP contribution in [-0.4, -0.2) is 46.1 Å². The van der Waals surface area contributed by atoms with Gasteiger partial charge in [0, 0.05) is 29.1 Å². The largest absolute Gasteiger partial charge is 0.398 e. The Hall–Kier alpha value is -3.16. The number of rotatable bonds is 8. The van der Waals surface area contributed by atoms with Crippen LogP contribution in [0.4, 0.5) is 4.79 Å². The topological polar surface area (TPSA) is 134 Å². The minimum absolute atomic E-state index is 0.335. The molecule has 0 radical (unpaired) electrons. The molecule has 0 fully saturated rings. The summed E-state index contributed by atoms with van der Waals surface area (Å²) in [6.45, 7) is 5.02. The molecule has 1 aromatic carbocycles. The Morgan fingerprint density at radius 2 is 2.09 bits per heavy atom. The van der Waals surface area contributed by atoms with Crippen molar-refractivity contribution in [3.05, 3.63) is 46.5 Å². The van der Waals surface area contributed by atoms with Crippen LogP contribution in [0.1, 0.15) is 38.2 Å². The van der Waals surface area contributed by atoms with Gasteiger partial charge < -0.3 is 10.2 Å². The summed E-state index contributed by atoms with van der Waals surface area (Å²) >= 11 is 12.2. The molecule has 0 saturated carbocycles. The summed E-state index contributed by atoms with van der Waals surface area (Å²) in [5, 5.41) is 21.3. The Bertz CT molecular complexity index is 943. The number of imide groups is 1. The van der Waals surface area contributed by atoms with Crippen molar-refractivity contribution in [3.63, 3.8) is 0 Å². The van der Waals surface area contributed by atoms with Crippen LogP contribution in [0.25, 0.3) is 0 Å². The number of carbonyl (C=O) groups excluding carboxylic acids is 2. The monoisotopic (exact) mass is 481 g/mol. The van der Waals surface area contributed by atoms with Crippen molar-refractivity contribution in [1.29, 1.82) is 5.26 Å². The SMILES string of the molecule is CCCC(Cn1cncn1)c1ccc(Cl)cc1Cl.CCNC(=O)NC(=O)C(C#N)=NOC. The second-order valence-corrected chi connectivity index (χ2v) is 7.16. The normalized spacial score (nSPS) is 11.4. The zero-order valence-corrected chi connectivity index (χ0v) is 19.5. The summed E-state index contributed by atoms with van der Waals surface area (Å²) in [6, 6.07) is 6.48. The first-order chi connectivity index (χ1) is 15.4. The van der Waals surface area contributed by atoms with Crippen LogP contribution in [-0.2, 0) is 16.2 Å². The lowest BCUT2D eigenvalue weighted by Crippen LogP contribution is -2.42. The molecule has 1 unspecified atom stereocenters. The fraction of sp³-hybridized carbons (Fsp3) is 0.400. The van der Waals surface area contributed by atoms with E-state index < -0.39 is 17.6 Å². The summed E-state index contributed by atoms with van der Waals surface area (Å²) in [5.41, 5.74) is 0.608. The maximum Gasteiger partial charge on any atom is 0.321 e. The molecule has 0 bridgehead atoms. The Morgan fingerprint density at radius 1 is 1.34 bits per heavy atom. The Labute approximate surface area is 196 Å². The maximum atomic E-state index is 11.0. The van der Waals surface area contributed by atoms with Crippen LogP contribution in [0.5, 0.6) is 0 Å². The smallest absolute Gasteiger partial charge is 0.321 e. The second kappa shape index (κ2) is 14.8. The number of amides is 3. The average Bonchev–Trinajstić information content (AvgIpc) is 3.25. The number of oxime groups is 1. The lowest BCUT2D eigenvalue weighted by Gasteiger charge is -2.18. The molecular weight excluding hydrogens is 457 g/mol.